The molecule has 0 spiro atoms. The Morgan fingerprint density at radius 2 is 1.88 bits per heavy atom. The third-order valence-electron chi connectivity index (χ3n) is 2.36. The minimum atomic E-state index is -0.139. The number of nitrogens with one attached hydrogen (secondary N) is 1. The van der Waals surface area contributed by atoms with Gasteiger partial charge in [0.1, 0.15) is 12.0 Å². The molecule has 2 rings (SSSR count). The van der Waals surface area contributed by atoms with Crippen molar-refractivity contribution in [3.63, 3.8) is 0 Å². The van der Waals surface area contributed by atoms with Crippen LogP contribution >= 0.6 is 0 Å². The lowest BCUT2D eigenvalue weighted by molar-refractivity contribution is 0.384. The maximum absolute atomic E-state index is 5.20. The summed E-state index contributed by atoms with van der Waals surface area (Å²) in [6, 6.07) is -0.139. The van der Waals surface area contributed by atoms with Crippen LogP contribution in [0.25, 0.3) is 0 Å². The summed E-state index contributed by atoms with van der Waals surface area (Å²) in [4.78, 5) is 16.4. The Morgan fingerprint density at radius 1 is 1.18 bits per heavy atom. The summed E-state index contributed by atoms with van der Waals surface area (Å²) in [6.07, 6.45) is 8.19. The summed E-state index contributed by atoms with van der Waals surface area (Å²) in [6.45, 7) is 0. The molecule has 1 N–H and O–H groups in total. The third kappa shape index (κ3) is 2.36. The van der Waals surface area contributed by atoms with Crippen LogP contribution in [0.1, 0.15) is 17.3 Å². The van der Waals surface area contributed by atoms with Gasteiger partial charge in [-0.05, 0) is 7.05 Å². The van der Waals surface area contributed by atoms with Gasteiger partial charge in [-0.1, -0.05) is 0 Å². The molecule has 0 saturated carbocycles. The van der Waals surface area contributed by atoms with Crippen molar-refractivity contribution in [3.05, 3.63) is 42.4 Å². The van der Waals surface area contributed by atoms with Crippen LogP contribution in [-0.2, 0) is 0 Å². The SMILES string of the molecule is CNC(c1cncnc1)c1nccnc1OC. The van der Waals surface area contributed by atoms with Gasteiger partial charge < -0.3 is 10.1 Å². The predicted molar refractivity (Wildman–Crippen MR) is 61.5 cm³/mol. The quantitative estimate of drug-likeness (QED) is 0.830. The van der Waals surface area contributed by atoms with E-state index in [2.05, 4.69) is 25.3 Å². The van der Waals surface area contributed by atoms with Crippen molar-refractivity contribution in [1.29, 1.82) is 0 Å². The van der Waals surface area contributed by atoms with E-state index < -0.39 is 0 Å². The highest BCUT2D eigenvalue weighted by atomic mass is 16.5. The van der Waals surface area contributed by atoms with E-state index in [0.29, 0.717) is 11.6 Å². The van der Waals surface area contributed by atoms with Gasteiger partial charge in [-0.15, -0.1) is 0 Å². The van der Waals surface area contributed by atoms with Crippen LogP contribution in [0, 0.1) is 0 Å². The van der Waals surface area contributed by atoms with Crippen molar-refractivity contribution in [2.24, 2.45) is 0 Å². The molecule has 2 heterocycles. The average molecular weight is 231 g/mol. The van der Waals surface area contributed by atoms with Crippen LogP contribution in [0.5, 0.6) is 5.88 Å². The van der Waals surface area contributed by atoms with Crippen LogP contribution in [-0.4, -0.2) is 34.1 Å². The van der Waals surface area contributed by atoms with Crippen LogP contribution in [0.4, 0.5) is 0 Å². The van der Waals surface area contributed by atoms with Gasteiger partial charge in [-0.3, -0.25) is 4.98 Å². The Balaban J connectivity index is 2.42. The van der Waals surface area contributed by atoms with E-state index in [9.17, 15) is 0 Å². The number of hydrogen-bond acceptors (Lipinski definition) is 6. The topological polar surface area (TPSA) is 72.8 Å². The molecule has 0 amide bonds. The molecule has 0 radical (unpaired) electrons. The molecule has 0 saturated heterocycles. The molecule has 1 atom stereocenters. The fourth-order valence-corrected chi connectivity index (χ4v) is 1.61. The van der Waals surface area contributed by atoms with Gasteiger partial charge >= 0.3 is 0 Å². The second kappa shape index (κ2) is 5.31. The Kier molecular flexibility index (Phi) is 3.56. The van der Waals surface area contributed by atoms with E-state index in [1.54, 1.807) is 31.9 Å². The van der Waals surface area contributed by atoms with Gasteiger partial charge in [0.25, 0.3) is 0 Å². The normalized spacial score (nSPS) is 12.1. The van der Waals surface area contributed by atoms with Gasteiger partial charge in [0.2, 0.25) is 5.88 Å². The largest absolute Gasteiger partial charge is 0.480 e. The van der Waals surface area contributed by atoms with Crippen LogP contribution in [0.3, 0.4) is 0 Å². The Labute approximate surface area is 99.1 Å². The summed E-state index contributed by atoms with van der Waals surface area (Å²) in [5.74, 6) is 0.496. The maximum atomic E-state index is 5.20. The zero-order chi connectivity index (χ0) is 12.1. The molecule has 0 aliphatic heterocycles. The molecule has 0 fully saturated rings. The Bertz CT molecular complexity index is 476. The van der Waals surface area contributed by atoms with E-state index in [4.69, 9.17) is 4.74 Å². The number of rotatable bonds is 4. The number of ether oxygens (including phenoxy) is 1. The standard InChI is InChI=1S/C11H13N5O/c1-12-9(8-5-13-7-14-6-8)10-11(17-2)16-4-3-15-10/h3-7,9,12H,1-2H3. The van der Waals surface area contributed by atoms with Gasteiger partial charge in [-0.25, -0.2) is 15.0 Å². The molecular weight excluding hydrogens is 218 g/mol. The molecule has 0 bridgehead atoms. The lowest BCUT2D eigenvalue weighted by Crippen LogP contribution is -2.20. The molecule has 0 aromatic carbocycles. The molecule has 0 aliphatic carbocycles. The molecule has 2 aromatic heterocycles. The molecule has 6 heteroatoms. The monoisotopic (exact) mass is 231 g/mol. The fourth-order valence-electron chi connectivity index (χ4n) is 1.61. The second-order valence-electron chi connectivity index (χ2n) is 3.34. The molecule has 0 aliphatic rings. The van der Waals surface area contributed by atoms with Gasteiger partial charge in [0, 0.05) is 30.4 Å². The van der Waals surface area contributed by atoms with Crippen molar-refractivity contribution in [2.45, 2.75) is 6.04 Å². The lowest BCUT2D eigenvalue weighted by atomic mass is 10.1. The van der Waals surface area contributed by atoms with Crippen LogP contribution in [0.15, 0.2) is 31.1 Å². The minimum Gasteiger partial charge on any atom is -0.480 e. The molecule has 2 aromatic rings. The number of nitrogens with zero attached hydrogens (tertiary/aromatic N) is 4. The van der Waals surface area contributed by atoms with Gasteiger partial charge in [0.15, 0.2) is 0 Å². The smallest absolute Gasteiger partial charge is 0.237 e. The molecule has 88 valence electrons. The summed E-state index contributed by atoms with van der Waals surface area (Å²) in [5, 5.41) is 3.15. The van der Waals surface area contributed by atoms with Crippen LogP contribution < -0.4 is 10.1 Å². The van der Waals surface area contributed by atoms with E-state index in [1.165, 1.54) is 6.33 Å². The summed E-state index contributed by atoms with van der Waals surface area (Å²) < 4.78 is 5.20. The predicted octanol–water partition coefficient (Wildman–Crippen LogP) is 0.584. The van der Waals surface area contributed by atoms with Crippen molar-refractivity contribution in [2.75, 3.05) is 14.2 Å². The summed E-state index contributed by atoms with van der Waals surface area (Å²) in [5.41, 5.74) is 1.63. The molecule has 17 heavy (non-hydrogen) atoms. The highest BCUT2D eigenvalue weighted by molar-refractivity contribution is 5.29. The van der Waals surface area contributed by atoms with E-state index >= 15 is 0 Å². The first-order valence-corrected chi connectivity index (χ1v) is 5.14. The first kappa shape index (κ1) is 11.4. The number of methoxy groups -OCH3 is 1. The van der Waals surface area contributed by atoms with E-state index in [0.717, 1.165) is 5.56 Å². The fraction of sp³-hybridized carbons (Fsp3) is 0.273. The van der Waals surface area contributed by atoms with Crippen LogP contribution in [0.2, 0.25) is 0 Å². The molecule has 6 nitrogen and oxygen atoms in total. The highest BCUT2D eigenvalue weighted by Crippen LogP contribution is 2.24. The lowest BCUT2D eigenvalue weighted by Gasteiger charge is -2.16. The van der Waals surface area contributed by atoms with Crippen molar-refractivity contribution in [3.8, 4) is 5.88 Å². The first-order valence-electron chi connectivity index (χ1n) is 5.14. The first-order chi connectivity index (χ1) is 8.36. The average Bonchev–Trinajstić information content (AvgIpc) is 2.41. The Hall–Kier alpha value is -2.08. The van der Waals surface area contributed by atoms with Crippen molar-refractivity contribution >= 4 is 0 Å². The van der Waals surface area contributed by atoms with Crippen molar-refractivity contribution < 1.29 is 4.74 Å². The van der Waals surface area contributed by atoms with E-state index in [1.807, 2.05) is 7.05 Å². The van der Waals surface area contributed by atoms with Gasteiger partial charge in [-0.2, -0.15) is 0 Å². The number of aromatic nitrogens is 4. The molecule has 1 unspecified atom stereocenters. The van der Waals surface area contributed by atoms with Gasteiger partial charge in [0.05, 0.1) is 13.2 Å². The zero-order valence-corrected chi connectivity index (χ0v) is 9.66. The van der Waals surface area contributed by atoms with Crippen molar-refractivity contribution in [1.82, 2.24) is 25.3 Å². The summed E-state index contributed by atoms with van der Waals surface area (Å²) >= 11 is 0. The summed E-state index contributed by atoms with van der Waals surface area (Å²) in [7, 11) is 3.41. The second-order valence-corrected chi connectivity index (χ2v) is 3.34. The minimum absolute atomic E-state index is 0.139. The Morgan fingerprint density at radius 3 is 2.53 bits per heavy atom. The zero-order valence-electron chi connectivity index (χ0n) is 9.66. The number of hydrogen-bond donors (Lipinski definition) is 1. The third-order valence-corrected chi connectivity index (χ3v) is 2.36. The molecular formula is C11H13N5O. The highest BCUT2D eigenvalue weighted by Gasteiger charge is 2.19. The van der Waals surface area contributed by atoms with E-state index in [-0.39, 0.29) is 6.04 Å². The maximum Gasteiger partial charge on any atom is 0.237 e.